The van der Waals surface area contributed by atoms with Crippen LogP contribution in [-0.4, -0.2) is 62.4 Å². The van der Waals surface area contributed by atoms with E-state index >= 15 is 0 Å². The second-order valence-corrected chi connectivity index (χ2v) is 9.45. The highest BCUT2D eigenvalue weighted by Crippen LogP contribution is 2.33. The second-order valence-electron chi connectivity index (χ2n) is 9.45. The van der Waals surface area contributed by atoms with Gasteiger partial charge in [0.1, 0.15) is 11.9 Å². The average Bonchev–Trinajstić information content (AvgIpc) is 3.25. The molecule has 0 radical (unpaired) electrons. The zero-order valence-corrected chi connectivity index (χ0v) is 20.0. The van der Waals surface area contributed by atoms with Crippen molar-refractivity contribution in [3.63, 3.8) is 0 Å². The predicted octanol–water partition coefficient (Wildman–Crippen LogP) is 3.15. The van der Waals surface area contributed by atoms with E-state index in [1.165, 1.54) is 0 Å². The lowest BCUT2D eigenvalue weighted by atomic mass is 10.0. The quantitative estimate of drug-likeness (QED) is 0.390. The molecule has 10 nitrogen and oxygen atoms in total. The Hall–Kier alpha value is -3.92. The van der Waals surface area contributed by atoms with Gasteiger partial charge < -0.3 is 25.8 Å². The summed E-state index contributed by atoms with van der Waals surface area (Å²) in [5.74, 6) is 1.24. The topological polar surface area (TPSA) is 127 Å². The van der Waals surface area contributed by atoms with E-state index in [0.29, 0.717) is 28.5 Å². The molecule has 1 aromatic carbocycles. The fourth-order valence-corrected chi connectivity index (χ4v) is 5.17. The number of para-hydroxylation sites is 1. The molecule has 36 heavy (non-hydrogen) atoms. The number of phenolic OH excluding ortho intramolecular Hbond substituents is 1. The van der Waals surface area contributed by atoms with Crippen LogP contribution < -0.4 is 20.7 Å². The van der Waals surface area contributed by atoms with Crippen LogP contribution in [0.1, 0.15) is 31.7 Å². The molecule has 0 bridgehead atoms. The number of benzene rings is 1. The summed E-state index contributed by atoms with van der Waals surface area (Å²) in [6.45, 7) is 3.75. The lowest BCUT2D eigenvalue weighted by Crippen LogP contribution is -2.35. The molecule has 0 amide bonds. The number of aromatic hydroxyl groups is 1. The summed E-state index contributed by atoms with van der Waals surface area (Å²) in [5.41, 5.74) is 9.97. The number of piperidine rings is 2. The minimum Gasteiger partial charge on any atom is -0.507 e. The number of aromatic nitrogens is 5. The number of nitrogens with one attached hydrogen (secondary N) is 1. The Balaban J connectivity index is 1.19. The fraction of sp³-hybridized carbons (Fsp3) is 0.385. The number of nitrogens with zero attached hydrogens (tertiary/aromatic N) is 6. The van der Waals surface area contributed by atoms with Gasteiger partial charge in [-0.2, -0.15) is 5.10 Å². The lowest BCUT2D eigenvalue weighted by Gasteiger charge is -2.34. The third-order valence-electron chi connectivity index (χ3n) is 7.13. The van der Waals surface area contributed by atoms with Crippen molar-refractivity contribution in [2.24, 2.45) is 0 Å². The van der Waals surface area contributed by atoms with Crippen LogP contribution in [0.3, 0.4) is 0 Å². The third kappa shape index (κ3) is 4.39. The third-order valence-corrected chi connectivity index (χ3v) is 7.13. The van der Waals surface area contributed by atoms with Crippen LogP contribution in [0.4, 0.5) is 11.5 Å². The molecule has 4 aromatic rings. The standard InChI is InChI=1S/C26H30N8O2/c27-26-25-22(16-21(30-31-25)20-3-1-2-4-23(20)35)34(32-26)17-8-13-33(14-9-17)18-5-12-29-24(15-18)36-19-6-10-28-11-7-19/h1-5,12,15-17,19,28,35H,6-11,13-14H2,(H2,27,32). The zero-order valence-electron chi connectivity index (χ0n) is 20.0. The smallest absolute Gasteiger partial charge is 0.215 e. The molecule has 0 aliphatic carbocycles. The lowest BCUT2D eigenvalue weighted by molar-refractivity contribution is 0.156. The van der Waals surface area contributed by atoms with E-state index in [1.54, 1.807) is 12.1 Å². The minimum absolute atomic E-state index is 0.166. The second kappa shape index (κ2) is 9.62. The van der Waals surface area contributed by atoms with Gasteiger partial charge in [0.2, 0.25) is 5.88 Å². The van der Waals surface area contributed by atoms with Crippen LogP contribution in [0.25, 0.3) is 22.3 Å². The number of pyridine rings is 1. The Morgan fingerprint density at radius 2 is 1.81 bits per heavy atom. The monoisotopic (exact) mass is 486 g/mol. The minimum atomic E-state index is 0.166. The summed E-state index contributed by atoms with van der Waals surface area (Å²) in [6, 6.07) is 13.3. The van der Waals surface area contributed by atoms with E-state index in [4.69, 9.17) is 10.5 Å². The molecular weight excluding hydrogens is 456 g/mol. The molecule has 2 fully saturated rings. The van der Waals surface area contributed by atoms with Gasteiger partial charge in [-0.3, -0.25) is 4.68 Å². The van der Waals surface area contributed by atoms with Gasteiger partial charge in [-0.1, -0.05) is 12.1 Å². The van der Waals surface area contributed by atoms with Crippen LogP contribution in [0, 0.1) is 0 Å². The number of nitrogen functional groups attached to an aromatic ring is 1. The molecule has 0 saturated carbocycles. The summed E-state index contributed by atoms with van der Waals surface area (Å²) in [6.07, 6.45) is 5.90. The van der Waals surface area contributed by atoms with Crippen LogP contribution in [0.5, 0.6) is 11.6 Å². The average molecular weight is 487 g/mol. The van der Waals surface area contributed by atoms with Crippen molar-refractivity contribution < 1.29 is 9.84 Å². The van der Waals surface area contributed by atoms with Gasteiger partial charge in [-0.05, 0) is 63.0 Å². The molecule has 0 spiro atoms. The highest BCUT2D eigenvalue weighted by molar-refractivity contribution is 5.87. The fourth-order valence-electron chi connectivity index (χ4n) is 5.17. The van der Waals surface area contributed by atoms with Gasteiger partial charge in [0.05, 0.1) is 17.3 Å². The maximum Gasteiger partial charge on any atom is 0.215 e. The van der Waals surface area contributed by atoms with E-state index < -0.39 is 0 Å². The number of fused-ring (bicyclic) bond motifs is 1. The van der Waals surface area contributed by atoms with Crippen molar-refractivity contribution in [1.82, 2.24) is 30.3 Å². The number of ether oxygens (including phenoxy) is 1. The number of phenols is 1. The first kappa shape index (κ1) is 22.5. The molecule has 2 saturated heterocycles. The number of anilines is 2. The summed E-state index contributed by atoms with van der Waals surface area (Å²) in [5, 5.41) is 26.9. The van der Waals surface area contributed by atoms with Gasteiger partial charge in [0.15, 0.2) is 11.3 Å². The first-order chi connectivity index (χ1) is 17.7. The van der Waals surface area contributed by atoms with E-state index in [2.05, 4.69) is 36.6 Å². The molecule has 186 valence electrons. The summed E-state index contributed by atoms with van der Waals surface area (Å²) < 4.78 is 8.13. The number of hydrogen-bond acceptors (Lipinski definition) is 9. The Kier molecular flexibility index (Phi) is 6.02. The molecule has 10 heteroatoms. The van der Waals surface area contributed by atoms with E-state index in [0.717, 1.165) is 63.1 Å². The number of nitrogens with two attached hydrogens (primary N) is 1. The van der Waals surface area contributed by atoms with Crippen LogP contribution in [0.2, 0.25) is 0 Å². The zero-order chi connectivity index (χ0) is 24.5. The van der Waals surface area contributed by atoms with Crippen molar-refractivity contribution in [2.75, 3.05) is 36.8 Å². The maximum atomic E-state index is 10.3. The van der Waals surface area contributed by atoms with Gasteiger partial charge in [-0.15, -0.1) is 10.2 Å². The molecule has 2 aliphatic rings. The number of hydrogen-bond donors (Lipinski definition) is 3. The predicted molar refractivity (Wildman–Crippen MR) is 138 cm³/mol. The van der Waals surface area contributed by atoms with Crippen molar-refractivity contribution in [2.45, 2.75) is 37.8 Å². The first-order valence-electron chi connectivity index (χ1n) is 12.5. The molecule has 2 aliphatic heterocycles. The highest BCUT2D eigenvalue weighted by atomic mass is 16.5. The first-order valence-corrected chi connectivity index (χ1v) is 12.5. The Morgan fingerprint density at radius 3 is 2.61 bits per heavy atom. The molecule has 3 aromatic heterocycles. The maximum absolute atomic E-state index is 10.3. The van der Waals surface area contributed by atoms with Crippen molar-refractivity contribution in [3.8, 4) is 22.9 Å². The van der Waals surface area contributed by atoms with Crippen molar-refractivity contribution >= 4 is 22.5 Å². The highest BCUT2D eigenvalue weighted by Gasteiger charge is 2.25. The summed E-state index contributed by atoms with van der Waals surface area (Å²) >= 11 is 0. The van der Waals surface area contributed by atoms with Gasteiger partial charge in [0, 0.05) is 36.6 Å². The molecular formula is C26H30N8O2. The molecule has 5 heterocycles. The molecule has 4 N–H and O–H groups in total. The van der Waals surface area contributed by atoms with E-state index in [1.807, 2.05) is 35.1 Å². The molecule has 0 atom stereocenters. The molecule has 0 unspecified atom stereocenters. The normalized spacial score (nSPS) is 17.5. The van der Waals surface area contributed by atoms with Crippen molar-refractivity contribution in [3.05, 3.63) is 48.7 Å². The number of rotatable bonds is 5. The van der Waals surface area contributed by atoms with Crippen LogP contribution in [-0.2, 0) is 0 Å². The largest absolute Gasteiger partial charge is 0.507 e. The summed E-state index contributed by atoms with van der Waals surface area (Å²) in [7, 11) is 0. The molecule has 6 rings (SSSR count). The Labute approximate surface area is 209 Å². The summed E-state index contributed by atoms with van der Waals surface area (Å²) in [4.78, 5) is 6.81. The Bertz CT molecular complexity index is 1360. The van der Waals surface area contributed by atoms with Gasteiger partial charge >= 0.3 is 0 Å². The van der Waals surface area contributed by atoms with Crippen LogP contribution >= 0.6 is 0 Å². The van der Waals surface area contributed by atoms with Gasteiger partial charge in [0.25, 0.3) is 0 Å². The SMILES string of the molecule is Nc1nn(C2CCN(c3ccnc(OC4CCNCC4)c3)CC2)c2cc(-c3ccccc3O)nnc12. The van der Waals surface area contributed by atoms with Gasteiger partial charge in [-0.25, -0.2) is 4.98 Å². The Morgan fingerprint density at radius 1 is 1.00 bits per heavy atom. The van der Waals surface area contributed by atoms with E-state index in [9.17, 15) is 5.11 Å². The van der Waals surface area contributed by atoms with E-state index in [-0.39, 0.29) is 17.9 Å². The van der Waals surface area contributed by atoms with Crippen molar-refractivity contribution in [1.29, 1.82) is 0 Å². The van der Waals surface area contributed by atoms with Crippen LogP contribution in [0.15, 0.2) is 48.7 Å².